The number of hydrogen-bond donors (Lipinski definition) is 1. The molecule has 2 aromatic carbocycles. The van der Waals surface area contributed by atoms with Crippen LogP contribution in [0.1, 0.15) is 46.1 Å². The van der Waals surface area contributed by atoms with Crippen molar-refractivity contribution in [1.29, 1.82) is 0 Å². The molecule has 34 heavy (non-hydrogen) atoms. The standard InChI is InChI=1S/C27H23ClFN3OS/c28-18-9-7-17(8-10-18)25-23-5-3-15-31(23)26-22(21-4-1-2-6-24(21)34-26)16-32(25)27(33)30-20-13-11-19(29)12-14-20/h3,5,7-15,25H,1-2,4,6,16H2,(H,30,33). The van der Waals surface area contributed by atoms with Crippen molar-refractivity contribution in [2.24, 2.45) is 0 Å². The van der Waals surface area contributed by atoms with E-state index in [1.807, 2.05) is 46.6 Å². The highest BCUT2D eigenvalue weighted by Gasteiger charge is 2.36. The molecule has 0 saturated carbocycles. The lowest BCUT2D eigenvalue weighted by molar-refractivity contribution is 0.194. The minimum absolute atomic E-state index is 0.220. The summed E-state index contributed by atoms with van der Waals surface area (Å²) in [6.07, 6.45) is 6.65. The second-order valence-corrected chi connectivity index (χ2v) is 10.3. The molecular weight excluding hydrogens is 469 g/mol. The van der Waals surface area contributed by atoms with Crippen LogP contribution in [0.5, 0.6) is 0 Å². The summed E-state index contributed by atoms with van der Waals surface area (Å²) in [6, 6.07) is 17.2. The molecule has 4 nitrogen and oxygen atoms in total. The Balaban J connectivity index is 1.49. The van der Waals surface area contributed by atoms with E-state index in [2.05, 4.69) is 22.1 Å². The Morgan fingerprint density at radius 2 is 1.76 bits per heavy atom. The van der Waals surface area contributed by atoms with E-state index in [-0.39, 0.29) is 17.9 Å². The zero-order chi connectivity index (χ0) is 23.2. The summed E-state index contributed by atoms with van der Waals surface area (Å²) in [6.45, 7) is 0.503. The third-order valence-electron chi connectivity index (χ3n) is 6.72. The van der Waals surface area contributed by atoms with E-state index in [0.717, 1.165) is 24.1 Å². The van der Waals surface area contributed by atoms with Gasteiger partial charge in [0.25, 0.3) is 0 Å². The summed E-state index contributed by atoms with van der Waals surface area (Å²) >= 11 is 8.05. The van der Waals surface area contributed by atoms with Crippen molar-refractivity contribution in [2.45, 2.75) is 38.3 Å². The van der Waals surface area contributed by atoms with Crippen molar-refractivity contribution in [3.05, 3.63) is 105 Å². The molecule has 2 aromatic heterocycles. The fourth-order valence-electron chi connectivity index (χ4n) is 5.11. The molecule has 4 aromatic rings. The number of thiophene rings is 1. The minimum Gasteiger partial charge on any atom is -0.310 e. The summed E-state index contributed by atoms with van der Waals surface area (Å²) in [4.78, 5) is 17.1. The Kier molecular flexibility index (Phi) is 5.42. The molecule has 1 N–H and O–H groups in total. The van der Waals surface area contributed by atoms with Crippen LogP contribution in [-0.4, -0.2) is 15.5 Å². The van der Waals surface area contributed by atoms with E-state index < -0.39 is 0 Å². The van der Waals surface area contributed by atoms with Gasteiger partial charge >= 0.3 is 6.03 Å². The lowest BCUT2D eigenvalue weighted by Crippen LogP contribution is -2.38. The maximum Gasteiger partial charge on any atom is 0.322 e. The Bertz CT molecular complexity index is 1360. The highest BCUT2D eigenvalue weighted by molar-refractivity contribution is 7.15. The smallest absolute Gasteiger partial charge is 0.310 e. The second kappa shape index (κ2) is 8.60. The van der Waals surface area contributed by atoms with E-state index in [1.54, 1.807) is 12.1 Å². The lowest BCUT2D eigenvalue weighted by Gasteiger charge is -2.31. The first-order chi connectivity index (χ1) is 16.6. The number of benzene rings is 2. The van der Waals surface area contributed by atoms with Crippen molar-refractivity contribution < 1.29 is 9.18 Å². The van der Waals surface area contributed by atoms with Crippen LogP contribution < -0.4 is 5.32 Å². The van der Waals surface area contributed by atoms with Crippen LogP contribution in [0.2, 0.25) is 5.02 Å². The predicted molar refractivity (Wildman–Crippen MR) is 135 cm³/mol. The number of fused-ring (bicyclic) bond motifs is 5. The molecule has 7 heteroatoms. The summed E-state index contributed by atoms with van der Waals surface area (Å²) in [5.74, 6) is -0.334. The maximum atomic E-state index is 13.8. The van der Waals surface area contributed by atoms with Gasteiger partial charge in [-0.15, -0.1) is 11.3 Å². The monoisotopic (exact) mass is 491 g/mol. The van der Waals surface area contributed by atoms with Gasteiger partial charge in [0, 0.05) is 27.3 Å². The third-order valence-corrected chi connectivity index (χ3v) is 8.31. The average Bonchev–Trinajstić information content (AvgIpc) is 3.43. The van der Waals surface area contributed by atoms with Crippen molar-refractivity contribution in [3.8, 4) is 5.00 Å². The molecule has 1 aliphatic carbocycles. The molecule has 1 unspecified atom stereocenters. The Labute approximate surface area is 206 Å². The fraction of sp³-hybridized carbons (Fsp3) is 0.222. The van der Waals surface area contributed by atoms with Gasteiger partial charge in [-0.25, -0.2) is 9.18 Å². The first kappa shape index (κ1) is 21.4. The van der Waals surface area contributed by atoms with Gasteiger partial charge in [-0.05, 0) is 85.3 Å². The number of aryl methyl sites for hydroxylation is 1. The van der Waals surface area contributed by atoms with E-state index in [9.17, 15) is 9.18 Å². The van der Waals surface area contributed by atoms with Crippen LogP contribution >= 0.6 is 22.9 Å². The molecule has 1 aliphatic heterocycles. The zero-order valence-corrected chi connectivity index (χ0v) is 20.0. The quantitative estimate of drug-likeness (QED) is 0.313. The Morgan fingerprint density at radius 3 is 2.56 bits per heavy atom. The molecule has 3 heterocycles. The largest absolute Gasteiger partial charge is 0.322 e. The molecule has 0 radical (unpaired) electrons. The predicted octanol–water partition coefficient (Wildman–Crippen LogP) is 7.35. The van der Waals surface area contributed by atoms with Crippen LogP contribution in [0.25, 0.3) is 5.00 Å². The summed E-state index contributed by atoms with van der Waals surface area (Å²) in [5.41, 5.74) is 5.23. The summed E-state index contributed by atoms with van der Waals surface area (Å²) in [5, 5.41) is 4.86. The number of carbonyl (C=O) groups is 1. The molecule has 1 atom stereocenters. The second-order valence-electron chi connectivity index (χ2n) is 8.82. The fourth-order valence-corrected chi connectivity index (χ4v) is 6.64. The average molecular weight is 492 g/mol. The third kappa shape index (κ3) is 3.71. The molecule has 0 fully saturated rings. The van der Waals surface area contributed by atoms with Crippen molar-refractivity contribution in [2.75, 3.05) is 5.32 Å². The molecular formula is C27H23ClFN3OS. The molecule has 0 spiro atoms. The van der Waals surface area contributed by atoms with E-state index >= 15 is 0 Å². The summed E-state index contributed by atoms with van der Waals surface area (Å²) < 4.78 is 15.7. The van der Waals surface area contributed by atoms with Gasteiger partial charge < -0.3 is 14.8 Å². The van der Waals surface area contributed by atoms with Crippen LogP contribution in [0.3, 0.4) is 0 Å². The van der Waals surface area contributed by atoms with Crippen LogP contribution in [-0.2, 0) is 19.4 Å². The number of nitrogens with zero attached hydrogens (tertiary/aromatic N) is 2. The van der Waals surface area contributed by atoms with Crippen molar-refractivity contribution in [3.63, 3.8) is 0 Å². The van der Waals surface area contributed by atoms with Gasteiger partial charge in [-0.3, -0.25) is 0 Å². The van der Waals surface area contributed by atoms with Gasteiger partial charge in [0.05, 0.1) is 18.3 Å². The number of nitrogens with one attached hydrogen (secondary N) is 1. The van der Waals surface area contributed by atoms with Gasteiger partial charge in [-0.1, -0.05) is 23.7 Å². The van der Waals surface area contributed by atoms with Crippen molar-refractivity contribution >= 4 is 34.7 Å². The van der Waals surface area contributed by atoms with Crippen LogP contribution in [0, 0.1) is 5.82 Å². The number of urea groups is 1. The molecule has 2 aliphatic rings. The minimum atomic E-state index is -0.334. The van der Waals surface area contributed by atoms with E-state index in [1.165, 1.54) is 46.0 Å². The number of hydrogen-bond acceptors (Lipinski definition) is 2. The van der Waals surface area contributed by atoms with Gasteiger partial charge in [-0.2, -0.15) is 0 Å². The van der Waals surface area contributed by atoms with Gasteiger partial charge in [0.1, 0.15) is 10.8 Å². The van der Waals surface area contributed by atoms with Crippen molar-refractivity contribution in [1.82, 2.24) is 9.47 Å². The van der Waals surface area contributed by atoms with E-state index in [0.29, 0.717) is 17.3 Å². The number of carbonyl (C=O) groups excluding carboxylic acids is 1. The highest BCUT2D eigenvalue weighted by atomic mass is 35.5. The Morgan fingerprint density at radius 1 is 1.00 bits per heavy atom. The van der Waals surface area contributed by atoms with Crippen LogP contribution in [0.4, 0.5) is 14.9 Å². The molecule has 172 valence electrons. The maximum absolute atomic E-state index is 13.8. The SMILES string of the molecule is O=C(Nc1ccc(F)cc1)N1Cc2c(sc3c2CCCC3)-n2cccc2C1c1ccc(Cl)cc1. The topological polar surface area (TPSA) is 37.3 Å². The van der Waals surface area contributed by atoms with Gasteiger partial charge in [0.15, 0.2) is 0 Å². The Hall–Kier alpha value is -3.09. The number of anilines is 1. The normalized spacial score (nSPS) is 16.9. The molecule has 6 rings (SSSR count). The number of rotatable bonds is 2. The number of amides is 2. The number of halogens is 2. The summed E-state index contributed by atoms with van der Waals surface area (Å²) in [7, 11) is 0. The lowest BCUT2D eigenvalue weighted by atomic mass is 9.95. The molecule has 2 amide bonds. The molecule has 0 saturated heterocycles. The molecule has 0 bridgehead atoms. The zero-order valence-electron chi connectivity index (χ0n) is 18.4. The highest BCUT2D eigenvalue weighted by Crippen LogP contribution is 2.44. The van der Waals surface area contributed by atoms with Crippen LogP contribution in [0.15, 0.2) is 66.9 Å². The van der Waals surface area contributed by atoms with Gasteiger partial charge in [0.2, 0.25) is 0 Å². The first-order valence-electron chi connectivity index (χ1n) is 11.5. The van der Waals surface area contributed by atoms with E-state index in [4.69, 9.17) is 11.6 Å². The number of aromatic nitrogens is 1. The first-order valence-corrected chi connectivity index (χ1v) is 12.7.